The number of methoxy groups -OCH3 is 1. The molecule has 108 valence electrons. The lowest BCUT2D eigenvalue weighted by atomic mass is 9.83. The molecular formula is C16H27NO2. The number of benzene rings is 1. The maximum atomic E-state index is 10.3. The van der Waals surface area contributed by atoms with Crippen LogP contribution in [0.5, 0.6) is 5.75 Å². The second-order valence-corrected chi connectivity index (χ2v) is 6.01. The number of hydrogen-bond donors (Lipinski definition) is 2. The lowest BCUT2D eigenvalue weighted by Crippen LogP contribution is -2.22. The number of aryl methyl sites for hydroxylation is 1. The number of hydrogen-bond acceptors (Lipinski definition) is 3. The van der Waals surface area contributed by atoms with E-state index in [1.165, 1.54) is 0 Å². The van der Waals surface area contributed by atoms with E-state index in [9.17, 15) is 5.11 Å². The maximum absolute atomic E-state index is 10.3. The third-order valence-electron chi connectivity index (χ3n) is 3.22. The molecule has 1 atom stereocenters. The zero-order valence-corrected chi connectivity index (χ0v) is 13.0. The Balaban J connectivity index is 3.27. The molecule has 0 saturated carbocycles. The molecule has 2 N–H and O–H groups in total. The first kappa shape index (κ1) is 16.0. The molecule has 0 aromatic heterocycles. The van der Waals surface area contributed by atoms with Gasteiger partial charge in [0.15, 0.2) is 0 Å². The predicted octanol–water partition coefficient (Wildman–Crippen LogP) is 2.94. The van der Waals surface area contributed by atoms with Crippen molar-refractivity contribution in [2.75, 3.05) is 20.2 Å². The largest absolute Gasteiger partial charge is 0.496 e. The Morgan fingerprint density at radius 2 is 1.95 bits per heavy atom. The Kier molecular flexibility index (Phi) is 5.39. The first-order valence-corrected chi connectivity index (χ1v) is 6.89. The maximum Gasteiger partial charge on any atom is 0.128 e. The van der Waals surface area contributed by atoms with Gasteiger partial charge in [-0.3, -0.25) is 0 Å². The summed E-state index contributed by atoms with van der Waals surface area (Å²) in [7, 11) is 1.67. The summed E-state index contributed by atoms with van der Waals surface area (Å²) in [5.74, 6) is 0.809. The SMILES string of the molecule is CCNCC(O)c1cc(C)cc(C(C)(C)C)c1OC. The van der Waals surface area contributed by atoms with Crippen LogP contribution in [0.15, 0.2) is 12.1 Å². The van der Waals surface area contributed by atoms with E-state index in [2.05, 4.69) is 39.1 Å². The first-order chi connectivity index (χ1) is 8.81. The van der Waals surface area contributed by atoms with Crippen molar-refractivity contribution >= 4 is 0 Å². The van der Waals surface area contributed by atoms with Crippen LogP contribution >= 0.6 is 0 Å². The highest BCUT2D eigenvalue weighted by molar-refractivity contribution is 5.48. The second kappa shape index (κ2) is 6.40. The van der Waals surface area contributed by atoms with Gasteiger partial charge in [0, 0.05) is 17.7 Å². The normalized spacial score (nSPS) is 13.4. The molecule has 3 nitrogen and oxygen atoms in total. The molecule has 1 aromatic rings. The molecule has 0 spiro atoms. The minimum atomic E-state index is -0.545. The van der Waals surface area contributed by atoms with E-state index >= 15 is 0 Å². The van der Waals surface area contributed by atoms with E-state index in [-0.39, 0.29) is 5.41 Å². The molecule has 1 aromatic carbocycles. The quantitative estimate of drug-likeness (QED) is 0.860. The summed E-state index contributed by atoms with van der Waals surface area (Å²) in [6.45, 7) is 11.9. The molecule has 0 aliphatic rings. The molecule has 3 heteroatoms. The molecule has 0 radical (unpaired) electrons. The topological polar surface area (TPSA) is 41.5 Å². The Morgan fingerprint density at radius 3 is 2.42 bits per heavy atom. The van der Waals surface area contributed by atoms with Crippen molar-refractivity contribution in [3.63, 3.8) is 0 Å². The minimum Gasteiger partial charge on any atom is -0.496 e. The molecule has 19 heavy (non-hydrogen) atoms. The van der Waals surface area contributed by atoms with Crippen LogP contribution in [0, 0.1) is 6.92 Å². The van der Waals surface area contributed by atoms with E-state index in [0.717, 1.165) is 29.0 Å². The molecule has 0 fully saturated rings. The van der Waals surface area contributed by atoms with Gasteiger partial charge >= 0.3 is 0 Å². The summed E-state index contributed by atoms with van der Waals surface area (Å²) in [6, 6.07) is 4.15. The molecular weight excluding hydrogens is 238 g/mol. The molecule has 1 rings (SSSR count). The highest BCUT2D eigenvalue weighted by Gasteiger charge is 2.24. The lowest BCUT2D eigenvalue weighted by molar-refractivity contribution is 0.171. The first-order valence-electron chi connectivity index (χ1n) is 6.89. The van der Waals surface area contributed by atoms with Gasteiger partial charge in [-0.05, 0) is 24.9 Å². The number of nitrogens with one attached hydrogen (secondary N) is 1. The lowest BCUT2D eigenvalue weighted by Gasteiger charge is -2.26. The van der Waals surface area contributed by atoms with Crippen molar-refractivity contribution in [1.82, 2.24) is 5.32 Å². The number of ether oxygens (including phenoxy) is 1. The fourth-order valence-electron chi connectivity index (χ4n) is 2.22. The Morgan fingerprint density at radius 1 is 1.32 bits per heavy atom. The van der Waals surface area contributed by atoms with Gasteiger partial charge in [-0.1, -0.05) is 39.3 Å². The standard InChI is InChI=1S/C16H27NO2/c1-7-17-10-14(18)12-8-11(2)9-13(15(12)19-6)16(3,4)5/h8-9,14,17-18H,7,10H2,1-6H3. The summed E-state index contributed by atoms with van der Waals surface area (Å²) >= 11 is 0. The minimum absolute atomic E-state index is 0.00990. The van der Waals surface area contributed by atoms with Crippen molar-refractivity contribution in [2.24, 2.45) is 0 Å². The average Bonchev–Trinajstić information content (AvgIpc) is 2.33. The molecule has 0 saturated heterocycles. The molecule has 0 aliphatic heterocycles. The zero-order valence-electron chi connectivity index (χ0n) is 13.0. The smallest absolute Gasteiger partial charge is 0.128 e. The van der Waals surface area contributed by atoms with Crippen LogP contribution in [0.3, 0.4) is 0 Å². The highest BCUT2D eigenvalue weighted by atomic mass is 16.5. The van der Waals surface area contributed by atoms with Crippen LogP contribution in [0.4, 0.5) is 0 Å². The van der Waals surface area contributed by atoms with E-state index < -0.39 is 6.10 Å². The summed E-state index contributed by atoms with van der Waals surface area (Å²) in [6.07, 6.45) is -0.545. The monoisotopic (exact) mass is 265 g/mol. The third kappa shape index (κ3) is 3.95. The van der Waals surface area contributed by atoms with Crippen molar-refractivity contribution < 1.29 is 9.84 Å². The van der Waals surface area contributed by atoms with Crippen molar-refractivity contribution in [2.45, 2.75) is 46.1 Å². The number of aliphatic hydroxyl groups excluding tert-OH is 1. The second-order valence-electron chi connectivity index (χ2n) is 6.01. The van der Waals surface area contributed by atoms with Gasteiger partial charge in [0.05, 0.1) is 13.2 Å². The summed E-state index contributed by atoms with van der Waals surface area (Å²) in [4.78, 5) is 0. The summed E-state index contributed by atoms with van der Waals surface area (Å²) in [5, 5.41) is 13.5. The summed E-state index contributed by atoms with van der Waals surface area (Å²) < 4.78 is 5.57. The van der Waals surface area contributed by atoms with Crippen molar-refractivity contribution in [3.05, 3.63) is 28.8 Å². The highest BCUT2D eigenvalue weighted by Crippen LogP contribution is 2.37. The Labute approximate surface area is 117 Å². The van der Waals surface area contributed by atoms with Gasteiger partial charge in [0.2, 0.25) is 0 Å². The van der Waals surface area contributed by atoms with Crippen molar-refractivity contribution in [1.29, 1.82) is 0 Å². The van der Waals surface area contributed by atoms with Crippen LogP contribution < -0.4 is 10.1 Å². The van der Waals surface area contributed by atoms with Crippen molar-refractivity contribution in [3.8, 4) is 5.75 Å². The van der Waals surface area contributed by atoms with Gasteiger partial charge < -0.3 is 15.2 Å². The van der Waals surface area contributed by atoms with Gasteiger partial charge in [0.25, 0.3) is 0 Å². The van der Waals surface area contributed by atoms with Gasteiger partial charge in [-0.25, -0.2) is 0 Å². The van der Waals surface area contributed by atoms with E-state index in [1.54, 1.807) is 7.11 Å². The van der Waals surface area contributed by atoms with Crippen LogP contribution in [-0.2, 0) is 5.41 Å². The zero-order chi connectivity index (χ0) is 14.6. The number of likely N-dealkylation sites (N-methyl/N-ethyl adjacent to an activating group) is 1. The fourth-order valence-corrected chi connectivity index (χ4v) is 2.22. The average molecular weight is 265 g/mol. The predicted molar refractivity (Wildman–Crippen MR) is 79.9 cm³/mol. The molecule has 0 heterocycles. The van der Waals surface area contributed by atoms with E-state index in [4.69, 9.17) is 4.74 Å². The molecule has 0 aliphatic carbocycles. The number of aliphatic hydroxyl groups is 1. The fraction of sp³-hybridized carbons (Fsp3) is 0.625. The van der Waals surface area contributed by atoms with Gasteiger partial charge in [-0.2, -0.15) is 0 Å². The van der Waals surface area contributed by atoms with Crippen LogP contribution in [0.1, 0.15) is 50.5 Å². The molecule has 0 amide bonds. The molecule has 1 unspecified atom stereocenters. The Hall–Kier alpha value is -1.06. The number of rotatable bonds is 5. The molecule has 0 bridgehead atoms. The third-order valence-corrected chi connectivity index (χ3v) is 3.22. The van der Waals surface area contributed by atoms with E-state index in [0.29, 0.717) is 6.54 Å². The Bertz CT molecular complexity index is 421. The van der Waals surface area contributed by atoms with Crippen LogP contribution in [0.2, 0.25) is 0 Å². The van der Waals surface area contributed by atoms with Crippen LogP contribution in [0.25, 0.3) is 0 Å². The summed E-state index contributed by atoms with van der Waals surface area (Å²) in [5.41, 5.74) is 3.15. The van der Waals surface area contributed by atoms with Gasteiger partial charge in [0.1, 0.15) is 5.75 Å². The van der Waals surface area contributed by atoms with E-state index in [1.807, 2.05) is 13.0 Å². The van der Waals surface area contributed by atoms with Crippen LogP contribution in [-0.4, -0.2) is 25.3 Å². The van der Waals surface area contributed by atoms with Gasteiger partial charge in [-0.15, -0.1) is 0 Å².